The van der Waals surface area contributed by atoms with Crippen molar-refractivity contribution in [2.75, 3.05) is 33.4 Å². The van der Waals surface area contributed by atoms with Gasteiger partial charge in [-0.15, -0.1) is 0 Å². The number of fused-ring (bicyclic) bond motifs is 1. The number of benzene rings is 1. The molecule has 1 fully saturated rings. The highest BCUT2D eigenvalue weighted by Crippen LogP contribution is 2.38. The molecule has 3 rings (SSSR count). The molecule has 0 radical (unpaired) electrons. The van der Waals surface area contributed by atoms with Crippen LogP contribution in [0.1, 0.15) is 45.6 Å². The molecule has 7 nitrogen and oxygen atoms in total. The molecule has 1 aromatic rings. The average molecular weight is 405 g/mol. The molecular formula is C22H32N2O5. The largest absolute Gasteiger partial charge is 0.486 e. The molecule has 1 N–H and O–H groups in total. The van der Waals surface area contributed by atoms with Gasteiger partial charge in [0.25, 0.3) is 0 Å². The van der Waals surface area contributed by atoms with Crippen molar-refractivity contribution in [3.05, 3.63) is 23.8 Å². The lowest BCUT2D eigenvalue weighted by molar-refractivity contribution is -0.134. The van der Waals surface area contributed by atoms with E-state index >= 15 is 0 Å². The van der Waals surface area contributed by atoms with Crippen LogP contribution in [0.3, 0.4) is 0 Å². The van der Waals surface area contributed by atoms with Crippen molar-refractivity contribution in [2.45, 2.75) is 52.1 Å². The lowest BCUT2D eigenvalue weighted by Gasteiger charge is -2.40. The van der Waals surface area contributed by atoms with Gasteiger partial charge in [-0.1, -0.05) is 6.07 Å². The Morgan fingerprint density at radius 2 is 1.79 bits per heavy atom. The van der Waals surface area contributed by atoms with Gasteiger partial charge in [0.15, 0.2) is 11.5 Å². The fourth-order valence-electron chi connectivity index (χ4n) is 3.93. The maximum atomic E-state index is 12.8. The number of amides is 2. The third kappa shape index (κ3) is 5.14. The summed E-state index contributed by atoms with van der Waals surface area (Å²) < 4.78 is 16.7. The Morgan fingerprint density at radius 1 is 1.14 bits per heavy atom. The molecule has 0 unspecified atom stereocenters. The third-order valence-electron chi connectivity index (χ3n) is 5.58. The Bertz CT molecular complexity index is 748. The standard InChI is InChI=1S/C22H32N2O5/c1-21(2,3)29-20(26)24-11-9-22(10-12-24,19(25)23-4)8-7-16-5-6-17-18(15-16)28-14-13-27-17/h5-6,15H,7-14H2,1-4H3,(H,23,25). The van der Waals surface area contributed by atoms with Crippen molar-refractivity contribution in [2.24, 2.45) is 5.41 Å². The van der Waals surface area contributed by atoms with Gasteiger partial charge in [-0.2, -0.15) is 0 Å². The number of likely N-dealkylation sites (tertiary alicyclic amines) is 1. The van der Waals surface area contributed by atoms with Gasteiger partial charge < -0.3 is 24.4 Å². The Hall–Kier alpha value is -2.44. The van der Waals surface area contributed by atoms with Gasteiger partial charge >= 0.3 is 6.09 Å². The molecular weight excluding hydrogens is 372 g/mol. The van der Waals surface area contributed by atoms with E-state index in [-0.39, 0.29) is 12.0 Å². The minimum absolute atomic E-state index is 0.0406. The van der Waals surface area contributed by atoms with E-state index in [0.717, 1.165) is 23.5 Å². The molecule has 2 amide bonds. The quantitative estimate of drug-likeness (QED) is 0.834. The predicted octanol–water partition coefficient (Wildman–Crippen LogP) is 3.15. The first-order chi connectivity index (χ1) is 13.7. The lowest BCUT2D eigenvalue weighted by Crippen LogP contribution is -2.50. The highest BCUT2D eigenvalue weighted by molar-refractivity contribution is 5.83. The number of piperidine rings is 1. The van der Waals surface area contributed by atoms with E-state index in [1.807, 2.05) is 39.0 Å². The van der Waals surface area contributed by atoms with E-state index in [1.54, 1.807) is 11.9 Å². The summed E-state index contributed by atoms with van der Waals surface area (Å²) >= 11 is 0. The first-order valence-corrected chi connectivity index (χ1v) is 10.3. The molecule has 0 aromatic heterocycles. The highest BCUT2D eigenvalue weighted by atomic mass is 16.6. The van der Waals surface area contributed by atoms with Crippen molar-refractivity contribution >= 4 is 12.0 Å². The average Bonchev–Trinajstić information content (AvgIpc) is 2.70. The van der Waals surface area contributed by atoms with Crippen LogP contribution in [-0.4, -0.2) is 55.9 Å². The number of hydrogen-bond acceptors (Lipinski definition) is 5. The van der Waals surface area contributed by atoms with Crippen LogP contribution in [0.15, 0.2) is 18.2 Å². The topological polar surface area (TPSA) is 77.1 Å². The van der Waals surface area contributed by atoms with Crippen molar-refractivity contribution in [1.82, 2.24) is 10.2 Å². The number of rotatable bonds is 4. The summed E-state index contributed by atoms with van der Waals surface area (Å²) in [7, 11) is 1.67. The van der Waals surface area contributed by atoms with Gasteiger partial charge in [0.1, 0.15) is 18.8 Å². The Morgan fingerprint density at radius 3 is 2.41 bits per heavy atom. The van der Waals surface area contributed by atoms with Crippen molar-refractivity contribution in [3.63, 3.8) is 0 Å². The zero-order valence-electron chi connectivity index (χ0n) is 17.9. The second-order valence-electron chi connectivity index (χ2n) is 8.80. The van der Waals surface area contributed by atoms with Gasteiger partial charge in [-0.3, -0.25) is 4.79 Å². The van der Waals surface area contributed by atoms with E-state index in [4.69, 9.17) is 14.2 Å². The summed E-state index contributed by atoms with van der Waals surface area (Å²) in [6, 6.07) is 5.96. The van der Waals surface area contributed by atoms with E-state index < -0.39 is 11.0 Å². The van der Waals surface area contributed by atoms with E-state index in [9.17, 15) is 9.59 Å². The van der Waals surface area contributed by atoms with Crippen LogP contribution in [0, 0.1) is 5.41 Å². The van der Waals surface area contributed by atoms with E-state index in [1.165, 1.54) is 0 Å². The molecule has 1 saturated heterocycles. The molecule has 2 aliphatic rings. The third-order valence-corrected chi connectivity index (χ3v) is 5.58. The molecule has 0 aliphatic carbocycles. The number of aryl methyl sites for hydroxylation is 1. The number of ether oxygens (including phenoxy) is 3. The molecule has 29 heavy (non-hydrogen) atoms. The van der Waals surface area contributed by atoms with Crippen LogP contribution in [0.5, 0.6) is 11.5 Å². The van der Waals surface area contributed by atoms with Crippen LogP contribution in [0.4, 0.5) is 4.79 Å². The van der Waals surface area contributed by atoms with Crippen molar-refractivity contribution < 1.29 is 23.8 Å². The zero-order valence-corrected chi connectivity index (χ0v) is 17.9. The highest BCUT2D eigenvalue weighted by Gasteiger charge is 2.42. The van der Waals surface area contributed by atoms with Gasteiger partial charge in [0, 0.05) is 20.1 Å². The molecule has 2 aliphatic heterocycles. The van der Waals surface area contributed by atoms with Gasteiger partial charge in [-0.05, 0) is 64.2 Å². The van der Waals surface area contributed by atoms with Crippen LogP contribution >= 0.6 is 0 Å². The molecule has 0 spiro atoms. The molecule has 1 aromatic carbocycles. The summed E-state index contributed by atoms with van der Waals surface area (Å²) in [5.74, 6) is 1.58. The minimum Gasteiger partial charge on any atom is -0.486 e. The number of nitrogens with one attached hydrogen (secondary N) is 1. The summed E-state index contributed by atoms with van der Waals surface area (Å²) in [5.41, 5.74) is 0.109. The molecule has 0 saturated carbocycles. The summed E-state index contributed by atoms with van der Waals surface area (Å²) in [4.78, 5) is 26.8. The summed E-state index contributed by atoms with van der Waals surface area (Å²) in [5, 5.41) is 2.83. The smallest absolute Gasteiger partial charge is 0.410 e. The van der Waals surface area contributed by atoms with Crippen LogP contribution in [0.25, 0.3) is 0 Å². The maximum Gasteiger partial charge on any atom is 0.410 e. The van der Waals surface area contributed by atoms with Crippen LogP contribution in [-0.2, 0) is 16.0 Å². The second-order valence-corrected chi connectivity index (χ2v) is 8.80. The second kappa shape index (κ2) is 8.51. The number of nitrogens with zero attached hydrogens (tertiary/aromatic N) is 1. The zero-order chi connectivity index (χ0) is 21.1. The Labute approximate surface area is 172 Å². The number of hydrogen-bond donors (Lipinski definition) is 1. The normalized spacial score (nSPS) is 18.1. The van der Waals surface area contributed by atoms with Crippen molar-refractivity contribution in [3.8, 4) is 11.5 Å². The van der Waals surface area contributed by atoms with Gasteiger partial charge in [-0.25, -0.2) is 4.79 Å². The Balaban J connectivity index is 1.64. The van der Waals surface area contributed by atoms with Crippen LogP contribution < -0.4 is 14.8 Å². The minimum atomic E-state index is -0.523. The van der Waals surface area contributed by atoms with Gasteiger partial charge in [0.2, 0.25) is 5.91 Å². The van der Waals surface area contributed by atoms with Gasteiger partial charge in [0.05, 0.1) is 5.41 Å². The number of carbonyl (C=O) groups is 2. The predicted molar refractivity (Wildman–Crippen MR) is 109 cm³/mol. The first kappa shape index (κ1) is 21.3. The fraction of sp³-hybridized carbons (Fsp3) is 0.636. The molecule has 0 atom stereocenters. The van der Waals surface area contributed by atoms with E-state index in [0.29, 0.717) is 45.6 Å². The Kier molecular flexibility index (Phi) is 6.24. The molecule has 0 bridgehead atoms. The van der Waals surface area contributed by atoms with E-state index in [2.05, 4.69) is 5.32 Å². The molecule has 7 heteroatoms. The number of carbonyl (C=O) groups excluding carboxylic acids is 2. The SMILES string of the molecule is CNC(=O)C1(CCc2ccc3c(c2)OCCO3)CCN(C(=O)OC(C)(C)C)CC1. The molecule has 2 heterocycles. The summed E-state index contributed by atoms with van der Waals surface area (Å²) in [6.07, 6.45) is 2.41. The molecule has 160 valence electrons. The summed E-state index contributed by atoms with van der Waals surface area (Å²) in [6.45, 7) is 7.73. The first-order valence-electron chi connectivity index (χ1n) is 10.3. The monoisotopic (exact) mass is 404 g/mol. The maximum absolute atomic E-state index is 12.8. The van der Waals surface area contributed by atoms with Crippen molar-refractivity contribution in [1.29, 1.82) is 0 Å². The lowest BCUT2D eigenvalue weighted by atomic mass is 9.73. The fourth-order valence-corrected chi connectivity index (χ4v) is 3.93. The van der Waals surface area contributed by atoms with Crippen LogP contribution in [0.2, 0.25) is 0 Å².